The first-order valence-corrected chi connectivity index (χ1v) is 10.3. The maximum Gasteiger partial charge on any atom is 0.163 e. The Morgan fingerprint density at radius 3 is 2.77 bits per heavy atom. The average Bonchev–Trinajstić information content (AvgIpc) is 2.74. The van der Waals surface area contributed by atoms with Crippen molar-refractivity contribution in [2.75, 3.05) is 32.6 Å². The molecule has 1 unspecified atom stereocenters. The monoisotopic (exact) mass is 466 g/mol. The second-order valence-corrected chi connectivity index (χ2v) is 7.87. The van der Waals surface area contributed by atoms with Crippen molar-refractivity contribution in [2.45, 2.75) is 25.3 Å². The van der Waals surface area contributed by atoms with E-state index in [9.17, 15) is 4.39 Å². The van der Waals surface area contributed by atoms with Crippen molar-refractivity contribution in [2.24, 2.45) is 0 Å². The van der Waals surface area contributed by atoms with E-state index in [1.807, 2.05) is 12.1 Å². The summed E-state index contributed by atoms with van der Waals surface area (Å²) >= 11 is 5.84. The number of halogens is 3. The molecule has 0 aliphatic carbocycles. The molecule has 1 N–H and O–H groups in total. The van der Waals surface area contributed by atoms with Crippen LogP contribution in [0.15, 0.2) is 36.7 Å². The molecule has 0 radical (unpaired) electrons. The molecule has 1 aromatic heterocycles. The van der Waals surface area contributed by atoms with Crippen LogP contribution >= 0.6 is 24.0 Å². The van der Waals surface area contributed by atoms with E-state index in [-0.39, 0.29) is 18.1 Å². The van der Waals surface area contributed by atoms with Crippen LogP contribution in [0.1, 0.15) is 19.3 Å². The predicted molar refractivity (Wildman–Crippen MR) is 124 cm³/mol. The number of hydrogen-bond acceptors (Lipinski definition) is 6. The summed E-state index contributed by atoms with van der Waals surface area (Å²) in [5.74, 6) is 1.22. The largest absolute Gasteiger partial charge is 0.493 e. The molecule has 6 nitrogen and oxygen atoms in total. The van der Waals surface area contributed by atoms with Gasteiger partial charge >= 0.3 is 0 Å². The highest BCUT2D eigenvalue weighted by atomic mass is 35.5. The Balaban J connectivity index is 0.00000272. The van der Waals surface area contributed by atoms with Gasteiger partial charge in [0.05, 0.1) is 18.3 Å². The number of nitrogens with one attached hydrogen (secondary N) is 1. The number of benzene rings is 2. The highest BCUT2D eigenvalue weighted by Crippen LogP contribution is 2.35. The van der Waals surface area contributed by atoms with E-state index in [4.69, 9.17) is 21.1 Å². The molecule has 1 saturated heterocycles. The Bertz CT molecular complexity index is 1050. The zero-order chi connectivity index (χ0) is 21.1. The van der Waals surface area contributed by atoms with E-state index in [1.54, 1.807) is 19.2 Å². The Morgan fingerprint density at radius 1 is 1.19 bits per heavy atom. The van der Waals surface area contributed by atoms with Crippen LogP contribution in [0, 0.1) is 5.82 Å². The fraction of sp³-hybridized carbons (Fsp3) is 0.364. The number of nitrogens with zero attached hydrogens (tertiary/aromatic N) is 3. The Kier molecular flexibility index (Phi) is 7.75. The summed E-state index contributed by atoms with van der Waals surface area (Å²) in [6.07, 6.45) is 5.00. The number of hydrogen-bond donors (Lipinski definition) is 1. The van der Waals surface area contributed by atoms with Crippen LogP contribution in [0.3, 0.4) is 0 Å². The minimum absolute atomic E-state index is 0. The standard InChI is InChI=1S/C22H24ClFN4O2.ClH/c1-28-8-4-3-5-15(28)12-30-21-11-19-16(10-20(21)29-2)22(26-13-25-19)27-18-7-6-14(23)9-17(18)24;/h6-7,9-11,13,15H,3-5,8,12H2,1-2H3,(H,25,26,27);1H. The van der Waals surface area contributed by atoms with Crippen LogP contribution in [-0.2, 0) is 0 Å². The minimum atomic E-state index is -0.460. The maximum atomic E-state index is 14.2. The number of rotatable bonds is 6. The number of piperidine rings is 1. The van der Waals surface area contributed by atoms with E-state index in [2.05, 4.69) is 27.2 Å². The van der Waals surface area contributed by atoms with Gasteiger partial charge in [0.1, 0.15) is 24.6 Å². The molecule has 166 valence electrons. The van der Waals surface area contributed by atoms with Gasteiger partial charge in [0.2, 0.25) is 0 Å². The van der Waals surface area contributed by atoms with Crippen LogP contribution in [0.2, 0.25) is 5.02 Å². The second-order valence-electron chi connectivity index (χ2n) is 7.43. The number of ether oxygens (including phenoxy) is 2. The van der Waals surface area contributed by atoms with Gasteiger partial charge in [-0.2, -0.15) is 0 Å². The first kappa shape index (κ1) is 23.3. The summed E-state index contributed by atoms with van der Waals surface area (Å²) in [7, 11) is 3.72. The van der Waals surface area contributed by atoms with Gasteiger partial charge in [-0.15, -0.1) is 12.4 Å². The third-order valence-corrected chi connectivity index (χ3v) is 5.69. The molecule has 2 aromatic carbocycles. The predicted octanol–water partition coefficient (Wildman–Crippen LogP) is 5.46. The number of likely N-dealkylation sites (N-methyl/N-ethyl adjacent to an activating group) is 1. The van der Waals surface area contributed by atoms with E-state index >= 15 is 0 Å². The third kappa shape index (κ3) is 5.29. The van der Waals surface area contributed by atoms with Gasteiger partial charge in [0.25, 0.3) is 0 Å². The van der Waals surface area contributed by atoms with Crippen LogP contribution in [0.5, 0.6) is 11.5 Å². The average molecular weight is 467 g/mol. The normalized spacial score (nSPS) is 16.6. The molecule has 9 heteroatoms. The van der Waals surface area contributed by atoms with Crippen molar-refractivity contribution >= 4 is 46.4 Å². The zero-order valence-corrected chi connectivity index (χ0v) is 19.0. The van der Waals surface area contributed by atoms with Crippen molar-refractivity contribution in [3.05, 3.63) is 47.5 Å². The second kappa shape index (κ2) is 10.3. The molecule has 1 fully saturated rings. The molecule has 3 aromatic rings. The van der Waals surface area contributed by atoms with Crippen LogP contribution < -0.4 is 14.8 Å². The van der Waals surface area contributed by atoms with Crippen LogP contribution in [-0.4, -0.2) is 48.2 Å². The van der Waals surface area contributed by atoms with Crippen molar-refractivity contribution in [3.8, 4) is 11.5 Å². The summed E-state index contributed by atoms with van der Waals surface area (Å²) in [5.41, 5.74) is 0.952. The molecule has 0 saturated carbocycles. The van der Waals surface area contributed by atoms with Gasteiger partial charge in [0.15, 0.2) is 11.5 Å². The summed E-state index contributed by atoms with van der Waals surface area (Å²) in [4.78, 5) is 11.0. The van der Waals surface area contributed by atoms with Gasteiger partial charge in [-0.3, -0.25) is 0 Å². The Hall–Kier alpha value is -2.35. The Labute approximate surface area is 192 Å². The van der Waals surface area contributed by atoms with Crippen molar-refractivity contribution in [3.63, 3.8) is 0 Å². The highest BCUT2D eigenvalue weighted by molar-refractivity contribution is 6.30. The van der Waals surface area contributed by atoms with E-state index in [1.165, 1.54) is 25.2 Å². The fourth-order valence-electron chi connectivity index (χ4n) is 3.70. The van der Waals surface area contributed by atoms with E-state index in [0.717, 1.165) is 13.0 Å². The van der Waals surface area contributed by atoms with Gasteiger partial charge in [-0.25, -0.2) is 14.4 Å². The lowest BCUT2D eigenvalue weighted by atomic mass is 10.0. The molecular formula is C22H25Cl2FN4O2. The molecule has 1 atom stereocenters. The van der Waals surface area contributed by atoms with Crippen LogP contribution in [0.25, 0.3) is 10.9 Å². The first-order chi connectivity index (χ1) is 14.5. The lowest BCUT2D eigenvalue weighted by Crippen LogP contribution is -2.40. The number of fused-ring (bicyclic) bond motifs is 1. The lowest BCUT2D eigenvalue weighted by Gasteiger charge is -2.32. The molecule has 0 bridgehead atoms. The fourth-order valence-corrected chi connectivity index (χ4v) is 3.85. The van der Waals surface area contributed by atoms with E-state index < -0.39 is 5.82 Å². The highest BCUT2D eigenvalue weighted by Gasteiger charge is 2.20. The topological polar surface area (TPSA) is 59.5 Å². The van der Waals surface area contributed by atoms with Gasteiger partial charge in [0, 0.05) is 22.5 Å². The van der Waals surface area contributed by atoms with E-state index in [0.29, 0.717) is 45.9 Å². The maximum absolute atomic E-state index is 14.2. The van der Waals surface area contributed by atoms with Crippen molar-refractivity contribution in [1.29, 1.82) is 0 Å². The first-order valence-electron chi connectivity index (χ1n) is 9.93. The van der Waals surface area contributed by atoms with Gasteiger partial charge in [-0.1, -0.05) is 18.0 Å². The molecule has 4 rings (SSSR count). The molecular weight excluding hydrogens is 442 g/mol. The summed E-state index contributed by atoms with van der Waals surface area (Å²) in [6, 6.07) is 8.47. The quantitative estimate of drug-likeness (QED) is 0.520. The van der Waals surface area contributed by atoms with Gasteiger partial charge < -0.3 is 19.7 Å². The SMILES string of the molecule is COc1cc2c(Nc3ccc(Cl)cc3F)ncnc2cc1OCC1CCCCN1C.Cl. The minimum Gasteiger partial charge on any atom is -0.493 e. The number of likely N-dealkylation sites (tertiary alicyclic amines) is 1. The molecule has 1 aliphatic rings. The van der Waals surface area contributed by atoms with Crippen molar-refractivity contribution in [1.82, 2.24) is 14.9 Å². The number of aromatic nitrogens is 2. The molecule has 0 amide bonds. The molecule has 2 heterocycles. The summed E-state index contributed by atoms with van der Waals surface area (Å²) in [6.45, 7) is 1.68. The molecule has 1 aliphatic heterocycles. The summed E-state index contributed by atoms with van der Waals surface area (Å²) < 4.78 is 25.9. The smallest absolute Gasteiger partial charge is 0.163 e. The van der Waals surface area contributed by atoms with Gasteiger partial charge in [-0.05, 0) is 50.7 Å². The molecule has 0 spiro atoms. The Morgan fingerprint density at radius 2 is 2.03 bits per heavy atom. The number of anilines is 2. The summed E-state index contributed by atoms with van der Waals surface area (Å²) in [5, 5.41) is 4.05. The third-order valence-electron chi connectivity index (χ3n) is 5.46. The van der Waals surface area contributed by atoms with Crippen molar-refractivity contribution < 1.29 is 13.9 Å². The van der Waals surface area contributed by atoms with Crippen LogP contribution in [0.4, 0.5) is 15.9 Å². The number of methoxy groups -OCH3 is 1. The molecule has 31 heavy (non-hydrogen) atoms. The zero-order valence-electron chi connectivity index (χ0n) is 17.4. The lowest BCUT2D eigenvalue weighted by molar-refractivity contribution is 0.123.